The van der Waals surface area contributed by atoms with Crippen molar-refractivity contribution in [2.24, 2.45) is 5.73 Å². The summed E-state index contributed by atoms with van der Waals surface area (Å²) in [6.45, 7) is 3.59. The van der Waals surface area contributed by atoms with Crippen LogP contribution in [-0.2, 0) is 6.54 Å². The second-order valence-corrected chi connectivity index (χ2v) is 4.89. The van der Waals surface area contributed by atoms with Gasteiger partial charge in [0.2, 0.25) is 0 Å². The lowest BCUT2D eigenvalue weighted by Gasteiger charge is -2.20. The standard InChI is InChI=1S/C14H19ClN4/c1-2-6-19-10-17-9-14(19)13(8-16)18-12-5-3-4-11(15)7-12/h3-5,7,9-10,13,18H,2,6,8,16H2,1H3. The second-order valence-electron chi connectivity index (χ2n) is 4.45. The maximum absolute atomic E-state index is 5.99. The highest BCUT2D eigenvalue weighted by Crippen LogP contribution is 2.21. The summed E-state index contributed by atoms with van der Waals surface area (Å²) in [4.78, 5) is 4.21. The van der Waals surface area contributed by atoms with E-state index in [0.29, 0.717) is 11.6 Å². The summed E-state index contributed by atoms with van der Waals surface area (Å²) in [5, 5.41) is 4.11. The Morgan fingerprint density at radius 3 is 3.00 bits per heavy atom. The van der Waals surface area contributed by atoms with Crippen LogP contribution in [0.3, 0.4) is 0 Å². The second kappa shape index (κ2) is 6.59. The van der Waals surface area contributed by atoms with Gasteiger partial charge in [-0.2, -0.15) is 0 Å². The summed E-state index contributed by atoms with van der Waals surface area (Å²) >= 11 is 5.99. The predicted molar refractivity (Wildman–Crippen MR) is 79.4 cm³/mol. The number of aryl methyl sites for hydroxylation is 1. The third kappa shape index (κ3) is 3.49. The van der Waals surface area contributed by atoms with Crippen molar-refractivity contribution < 1.29 is 0 Å². The van der Waals surface area contributed by atoms with Gasteiger partial charge < -0.3 is 15.6 Å². The van der Waals surface area contributed by atoms with E-state index in [1.54, 1.807) is 0 Å². The van der Waals surface area contributed by atoms with Crippen LogP contribution in [0.5, 0.6) is 0 Å². The normalized spacial score (nSPS) is 12.4. The molecule has 3 N–H and O–H groups in total. The van der Waals surface area contributed by atoms with Crippen LogP contribution in [0, 0.1) is 0 Å². The van der Waals surface area contributed by atoms with Crippen molar-refractivity contribution in [3.63, 3.8) is 0 Å². The van der Waals surface area contributed by atoms with Crippen molar-refractivity contribution in [3.05, 3.63) is 47.5 Å². The lowest BCUT2D eigenvalue weighted by atomic mass is 10.2. The quantitative estimate of drug-likeness (QED) is 0.854. The van der Waals surface area contributed by atoms with Crippen molar-refractivity contribution in [1.29, 1.82) is 0 Å². The number of imidazole rings is 1. The van der Waals surface area contributed by atoms with Crippen molar-refractivity contribution >= 4 is 17.3 Å². The van der Waals surface area contributed by atoms with Crippen LogP contribution < -0.4 is 11.1 Å². The number of nitrogens with one attached hydrogen (secondary N) is 1. The summed E-state index contributed by atoms with van der Waals surface area (Å²) in [5.74, 6) is 0. The first-order valence-corrected chi connectivity index (χ1v) is 6.84. The van der Waals surface area contributed by atoms with E-state index in [1.165, 1.54) is 0 Å². The van der Waals surface area contributed by atoms with Crippen molar-refractivity contribution in [3.8, 4) is 0 Å². The number of aromatic nitrogens is 2. The summed E-state index contributed by atoms with van der Waals surface area (Å²) in [6, 6.07) is 7.68. The molecule has 0 saturated carbocycles. The number of nitrogens with two attached hydrogens (primary N) is 1. The molecule has 0 spiro atoms. The number of hydrogen-bond donors (Lipinski definition) is 2. The first-order chi connectivity index (χ1) is 9.24. The number of halogens is 1. The number of nitrogens with zero attached hydrogens (tertiary/aromatic N) is 2. The minimum Gasteiger partial charge on any atom is -0.375 e. The molecule has 1 heterocycles. The molecular formula is C14H19ClN4. The minimum absolute atomic E-state index is 0.0347. The van der Waals surface area contributed by atoms with Crippen molar-refractivity contribution in [2.45, 2.75) is 25.9 Å². The van der Waals surface area contributed by atoms with Gasteiger partial charge in [-0.3, -0.25) is 0 Å². The van der Waals surface area contributed by atoms with Gasteiger partial charge >= 0.3 is 0 Å². The summed E-state index contributed by atoms with van der Waals surface area (Å²) in [5.41, 5.74) is 7.94. The van der Waals surface area contributed by atoms with Gasteiger partial charge in [0.05, 0.1) is 24.3 Å². The molecule has 2 rings (SSSR count). The Hall–Kier alpha value is -1.52. The fourth-order valence-electron chi connectivity index (χ4n) is 2.08. The zero-order chi connectivity index (χ0) is 13.7. The molecule has 0 aliphatic rings. The third-order valence-electron chi connectivity index (χ3n) is 2.97. The highest BCUT2D eigenvalue weighted by molar-refractivity contribution is 6.30. The minimum atomic E-state index is 0.0347. The van der Waals surface area contributed by atoms with E-state index in [4.69, 9.17) is 17.3 Å². The zero-order valence-electron chi connectivity index (χ0n) is 11.0. The molecule has 0 amide bonds. The maximum Gasteiger partial charge on any atom is 0.0948 e. The van der Waals surface area contributed by atoms with Gasteiger partial charge in [0.1, 0.15) is 0 Å². The molecule has 0 saturated heterocycles. The molecule has 1 aromatic carbocycles. The monoisotopic (exact) mass is 278 g/mol. The molecule has 5 heteroatoms. The highest BCUT2D eigenvalue weighted by Gasteiger charge is 2.14. The van der Waals surface area contributed by atoms with Crippen LogP contribution in [-0.4, -0.2) is 16.1 Å². The van der Waals surface area contributed by atoms with Gasteiger partial charge in [-0.05, 0) is 24.6 Å². The largest absolute Gasteiger partial charge is 0.375 e. The molecule has 1 aromatic heterocycles. The van der Waals surface area contributed by atoms with Crippen LogP contribution in [0.4, 0.5) is 5.69 Å². The molecule has 19 heavy (non-hydrogen) atoms. The van der Waals surface area contributed by atoms with Crippen LogP contribution in [0.15, 0.2) is 36.8 Å². The Kier molecular flexibility index (Phi) is 4.82. The Morgan fingerprint density at radius 1 is 1.47 bits per heavy atom. The number of rotatable bonds is 6. The lowest BCUT2D eigenvalue weighted by molar-refractivity contribution is 0.613. The molecule has 0 aliphatic carbocycles. The van der Waals surface area contributed by atoms with Crippen LogP contribution >= 0.6 is 11.6 Å². The van der Waals surface area contributed by atoms with Gasteiger partial charge in [-0.15, -0.1) is 0 Å². The van der Waals surface area contributed by atoms with Crippen LogP contribution in [0.2, 0.25) is 5.02 Å². The van der Waals surface area contributed by atoms with Gasteiger partial charge in [-0.1, -0.05) is 24.6 Å². The topological polar surface area (TPSA) is 55.9 Å². The summed E-state index contributed by atoms with van der Waals surface area (Å²) in [6.07, 6.45) is 4.78. The number of hydrogen-bond acceptors (Lipinski definition) is 3. The number of benzene rings is 1. The van der Waals surface area contributed by atoms with E-state index >= 15 is 0 Å². The van der Waals surface area contributed by atoms with Gasteiger partial charge in [-0.25, -0.2) is 4.98 Å². The molecule has 102 valence electrons. The van der Waals surface area contributed by atoms with Crippen LogP contribution in [0.25, 0.3) is 0 Å². The Balaban J connectivity index is 2.18. The SMILES string of the molecule is CCCn1cncc1C(CN)Nc1cccc(Cl)c1. The predicted octanol–water partition coefficient (Wildman–Crippen LogP) is 3.06. The molecule has 2 aromatic rings. The van der Waals surface area contributed by atoms with E-state index < -0.39 is 0 Å². The van der Waals surface area contributed by atoms with E-state index in [9.17, 15) is 0 Å². The lowest BCUT2D eigenvalue weighted by Crippen LogP contribution is -2.23. The molecule has 0 aliphatic heterocycles. The average molecular weight is 279 g/mol. The maximum atomic E-state index is 5.99. The Bertz CT molecular complexity index is 524. The Labute approximate surface area is 118 Å². The molecule has 4 nitrogen and oxygen atoms in total. The average Bonchev–Trinajstić information content (AvgIpc) is 2.85. The highest BCUT2D eigenvalue weighted by atomic mass is 35.5. The fraction of sp³-hybridized carbons (Fsp3) is 0.357. The molecule has 1 atom stereocenters. The Morgan fingerprint density at radius 2 is 2.32 bits per heavy atom. The zero-order valence-corrected chi connectivity index (χ0v) is 11.8. The first-order valence-electron chi connectivity index (χ1n) is 6.46. The first kappa shape index (κ1) is 13.9. The van der Waals surface area contributed by atoms with Crippen LogP contribution in [0.1, 0.15) is 25.1 Å². The van der Waals surface area contributed by atoms with Crippen molar-refractivity contribution in [1.82, 2.24) is 9.55 Å². The fourth-order valence-corrected chi connectivity index (χ4v) is 2.27. The van der Waals surface area contributed by atoms with E-state index in [2.05, 4.69) is 21.8 Å². The van der Waals surface area contributed by atoms with Gasteiger partial charge in [0.15, 0.2) is 0 Å². The van der Waals surface area contributed by atoms with E-state index in [1.807, 2.05) is 36.8 Å². The smallest absolute Gasteiger partial charge is 0.0948 e. The molecular weight excluding hydrogens is 260 g/mol. The number of anilines is 1. The van der Waals surface area contributed by atoms with Crippen molar-refractivity contribution in [2.75, 3.05) is 11.9 Å². The molecule has 0 fully saturated rings. The van der Waals surface area contributed by atoms with Gasteiger partial charge in [0.25, 0.3) is 0 Å². The molecule has 0 bridgehead atoms. The molecule has 1 unspecified atom stereocenters. The molecule has 0 radical (unpaired) electrons. The van der Waals surface area contributed by atoms with Gasteiger partial charge in [0, 0.05) is 23.8 Å². The third-order valence-corrected chi connectivity index (χ3v) is 3.20. The summed E-state index contributed by atoms with van der Waals surface area (Å²) in [7, 11) is 0. The summed E-state index contributed by atoms with van der Waals surface area (Å²) < 4.78 is 2.13. The van der Waals surface area contributed by atoms with E-state index in [0.717, 1.165) is 24.3 Å². The van der Waals surface area contributed by atoms with E-state index in [-0.39, 0.29) is 6.04 Å².